The molecule has 0 bridgehead atoms. The van der Waals surface area contributed by atoms with E-state index < -0.39 is 5.60 Å². The van der Waals surface area contributed by atoms with Crippen LogP contribution in [0.25, 0.3) is 0 Å². The molecule has 0 aromatic rings. The molecule has 0 aromatic heterocycles. The first kappa shape index (κ1) is 10.1. The van der Waals surface area contributed by atoms with E-state index in [-0.39, 0.29) is 0 Å². The fourth-order valence-electron chi connectivity index (χ4n) is 3.75. The smallest absolute Gasteiger partial charge is 0.0704 e. The van der Waals surface area contributed by atoms with Crippen LogP contribution in [0.15, 0.2) is 0 Å². The lowest BCUT2D eigenvalue weighted by molar-refractivity contribution is -0.0787. The third kappa shape index (κ3) is 1.71. The minimum Gasteiger partial charge on any atom is -0.389 e. The molecule has 3 rings (SSSR count). The molecule has 2 heterocycles. The summed E-state index contributed by atoms with van der Waals surface area (Å²) in [6, 6.07) is 0. The number of hydrogen-bond donors (Lipinski definition) is 2. The molecule has 2 aliphatic heterocycles. The number of fused-ring (bicyclic) bond motifs is 1. The Labute approximate surface area is 91.2 Å². The van der Waals surface area contributed by atoms with E-state index in [2.05, 4.69) is 5.32 Å². The van der Waals surface area contributed by atoms with E-state index in [1.807, 2.05) is 0 Å². The maximum absolute atomic E-state index is 10.7. The van der Waals surface area contributed by atoms with Gasteiger partial charge in [0.05, 0.1) is 12.2 Å². The van der Waals surface area contributed by atoms with Crippen LogP contribution < -0.4 is 5.32 Å². The highest BCUT2D eigenvalue weighted by atomic mass is 16.5. The lowest BCUT2D eigenvalue weighted by Crippen LogP contribution is -2.41. The number of rotatable bonds is 1. The first-order valence-corrected chi connectivity index (χ1v) is 6.29. The molecule has 2 saturated heterocycles. The second kappa shape index (κ2) is 3.72. The van der Waals surface area contributed by atoms with Crippen molar-refractivity contribution in [1.82, 2.24) is 5.32 Å². The van der Waals surface area contributed by atoms with Gasteiger partial charge in [0.1, 0.15) is 0 Å². The van der Waals surface area contributed by atoms with Crippen LogP contribution in [0.4, 0.5) is 0 Å². The molecule has 3 atom stereocenters. The average Bonchev–Trinajstić information content (AvgIpc) is 2.78. The molecule has 15 heavy (non-hydrogen) atoms. The molecule has 3 heteroatoms. The number of ether oxygens (including phenoxy) is 1. The van der Waals surface area contributed by atoms with Crippen molar-refractivity contribution in [3.05, 3.63) is 0 Å². The summed E-state index contributed by atoms with van der Waals surface area (Å²) >= 11 is 0. The van der Waals surface area contributed by atoms with Crippen LogP contribution in [0.1, 0.15) is 25.7 Å². The van der Waals surface area contributed by atoms with Gasteiger partial charge < -0.3 is 15.2 Å². The summed E-state index contributed by atoms with van der Waals surface area (Å²) in [5, 5.41) is 14.1. The molecule has 3 unspecified atom stereocenters. The second-order valence-corrected chi connectivity index (χ2v) is 5.60. The zero-order chi connectivity index (χ0) is 10.3. The van der Waals surface area contributed by atoms with E-state index >= 15 is 0 Å². The highest BCUT2D eigenvalue weighted by molar-refractivity contribution is 5.02. The Kier molecular flexibility index (Phi) is 2.49. The summed E-state index contributed by atoms with van der Waals surface area (Å²) in [5.41, 5.74) is -0.405. The Morgan fingerprint density at radius 2 is 1.93 bits per heavy atom. The van der Waals surface area contributed by atoms with Crippen molar-refractivity contribution in [3.63, 3.8) is 0 Å². The fourth-order valence-corrected chi connectivity index (χ4v) is 3.75. The molecule has 0 aromatic carbocycles. The summed E-state index contributed by atoms with van der Waals surface area (Å²) in [6.07, 6.45) is 4.28. The van der Waals surface area contributed by atoms with Crippen molar-refractivity contribution in [1.29, 1.82) is 0 Å². The number of aliphatic hydroxyl groups is 1. The van der Waals surface area contributed by atoms with Gasteiger partial charge in [-0.2, -0.15) is 0 Å². The van der Waals surface area contributed by atoms with Crippen molar-refractivity contribution < 1.29 is 9.84 Å². The molecule has 1 aliphatic carbocycles. The van der Waals surface area contributed by atoms with Gasteiger partial charge in [0, 0.05) is 12.5 Å². The summed E-state index contributed by atoms with van der Waals surface area (Å²) in [6.45, 7) is 3.89. The van der Waals surface area contributed by atoms with E-state index in [9.17, 15) is 5.11 Å². The summed E-state index contributed by atoms with van der Waals surface area (Å²) in [7, 11) is 0. The van der Waals surface area contributed by atoms with Crippen molar-refractivity contribution in [2.45, 2.75) is 31.3 Å². The van der Waals surface area contributed by atoms with Gasteiger partial charge >= 0.3 is 0 Å². The zero-order valence-electron chi connectivity index (χ0n) is 9.24. The van der Waals surface area contributed by atoms with Gasteiger partial charge in [-0.25, -0.2) is 0 Å². The molecule has 3 fully saturated rings. The predicted molar refractivity (Wildman–Crippen MR) is 57.6 cm³/mol. The first-order chi connectivity index (χ1) is 7.28. The second-order valence-electron chi connectivity index (χ2n) is 5.60. The van der Waals surface area contributed by atoms with Crippen LogP contribution in [0.2, 0.25) is 0 Å². The Bertz CT molecular complexity index is 226. The third-order valence-corrected chi connectivity index (χ3v) is 4.63. The molecule has 3 nitrogen and oxygen atoms in total. The van der Waals surface area contributed by atoms with E-state index in [0.29, 0.717) is 5.92 Å². The fraction of sp³-hybridized carbons (Fsp3) is 1.00. The largest absolute Gasteiger partial charge is 0.389 e. The van der Waals surface area contributed by atoms with Crippen LogP contribution in [0.5, 0.6) is 0 Å². The normalized spacial score (nSPS) is 50.6. The van der Waals surface area contributed by atoms with Gasteiger partial charge in [0.2, 0.25) is 0 Å². The monoisotopic (exact) mass is 211 g/mol. The minimum absolute atomic E-state index is 0.400. The predicted octanol–water partition coefficient (Wildman–Crippen LogP) is 0.773. The molecule has 1 saturated carbocycles. The van der Waals surface area contributed by atoms with Gasteiger partial charge in [0.25, 0.3) is 0 Å². The Morgan fingerprint density at radius 3 is 2.53 bits per heavy atom. The van der Waals surface area contributed by atoms with Gasteiger partial charge in [-0.1, -0.05) is 0 Å². The lowest BCUT2D eigenvalue weighted by Gasteiger charge is -2.36. The first-order valence-electron chi connectivity index (χ1n) is 6.29. The van der Waals surface area contributed by atoms with Crippen molar-refractivity contribution >= 4 is 0 Å². The van der Waals surface area contributed by atoms with E-state index in [1.54, 1.807) is 0 Å². The topological polar surface area (TPSA) is 41.5 Å². The standard InChI is InChI=1S/C12H21NO2/c14-12(11-2-1-3-15-8-11)4-9-6-13-7-10(9)5-12/h9-11,13-14H,1-8H2. The summed E-state index contributed by atoms with van der Waals surface area (Å²) < 4.78 is 5.51. The quantitative estimate of drug-likeness (QED) is 0.673. The molecule has 0 radical (unpaired) electrons. The van der Waals surface area contributed by atoms with Crippen LogP contribution in [0, 0.1) is 17.8 Å². The maximum atomic E-state index is 10.7. The van der Waals surface area contributed by atoms with E-state index in [1.165, 1.54) is 0 Å². The van der Waals surface area contributed by atoms with E-state index in [4.69, 9.17) is 4.74 Å². The summed E-state index contributed by atoms with van der Waals surface area (Å²) in [5.74, 6) is 1.84. The van der Waals surface area contributed by atoms with Crippen LogP contribution >= 0.6 is 0 Å². The SMILES string of the molecule is OC1(C2CCCOC2)CC2CNCC2C1. The van der Waals surface area contributed by atoms with Crippen LogP contribution in [-0.2, 0) is 4.74 Å². The highest BCUT2D eigenvalue weighted by Gasteiger charge is 2.50. The Morgan fingerprint density at radius 1 is 1.20 bits per heavy atom. The van der Waals surface area contributed by atoms with Crippen molar-refractivity contribution in [2.75, 3.05) is 26.3 Å². The number of nitrogens with one attached hydrogen (secondary N) is 1. The highest BCUT2D eigenvalue weighted by Crippen LogP contribution is 2.46. The van der Waals surface area contributed by atoms with E-state index in [0.717, 1.165) is 63.8 Å². The average molecular weight is 211 g/mol. The molecular weight excluding hydrogens is 190 g/mol. The van der Waals surface area contributed by atoms with Gasteiger partial charge in [0.15, 0.2) is 0 Å². The molecule has 2 N–H and O–H groups in total. The van der Waals surface area contributed by atoms with Crippen molar-refractivity contribution in [2.24, 2.45) is 17.8 Å². The molecule has 3 aliphatic rings. The van der Waals surface area contributed by atoms with Gasteiger partial charge in [-0.15, -0.1) is 0 Å². The molecule has 0 amide bonds. The maximum Gasteiger partial charge on any atom is 0.0704 e. The molecular formula is C12H21NO2. The lowest BCUT2D eigenvalue weighted by atomic mass is 9.81. The number of hydrogen-bond acceptors (Lipinski definition) is 3. The van der Waals surface area contributed by atoms with Crippen molar-refractivity contribution in [3.8, 4) is 0 Å². The van der Waals surface area contributed by atoms with Gasteiger partial charge in [-0.05, 0) is 50.6 Å². The zero-order valence-corrected chi connectivity index (χ0v) is 9.24. The summed E-state index contributed by atoms with van der Waals surface area (Å²) in [4.78, 5) is 0. The minimum atomic E-state index is -0.405. The molecule has 0 spiro atoms. The third-order valence-electron chi connectivity index (χ3n) is 4.63. The molecule has 86 valence electrons. The van der Waals surface area contributed by atoms with Gasteiger partial charge in [-0.3, -0.25) is 0 Å². The Balaban J connectivity index is 1.69. The Hall–Kier alpha value is -0.120. The van der Waals surface area contributed by atoms with Crippen LogP contribution in [0.3, 0.4) is 0 Å². The van der Waals surface area contributed by atoms with Crippen LogP contribution in [-0.4, -0.2) is 37.0 Å².